The van der Waals surface area contributed by atoms with Gasteiger partial charge in [0.25, 0.3) is 0 Å². The van der Waals surface area contributed by atoms with Crippen molar-refractivity contribution in [2.75, 3.05) is 24.2 Å². The van der Waals surface area contributed by atoms with E-state index in [0.29, 0.717) is 42.0 Å². The average Bonchev–Trinajstić information content (AvgIpc) is 2.97. The van der Waals surface area contributed by atoms with E-state index in [1.54, 1.807) is 12.1 Å². The van der Waals surface area contributed by atoms with Gasteiger partial charge in [-0.1, -0.05) is 91.1 Å². The summed E-state index contributed by atoms with van der Waals surface area (Å²) in [5.41, 5.74) is 3.33. The Balaban J connectivity index is 1.70. The number of rotatable bonds is 11. The third kappa shape index (κ3) is 9.84. The lowest BCUT2D eigenvalue weighted by molar-refractivity contribution is -0.211. The number of sulfonamides is 1. The molecule has 1 fully saturated rings. The molecule has 0 saturated carbocycles. The Labute approximate surface area is 273 Å². The fraction of sp³-hybridized carbons (Fsp3) is 0.419. The molecule has 0 radical (unpaired) electrons. The minimum Gasteiger partial charge on any atom is -0.373 e. The van der Waals surface area contributed by atoms with Crippen LogP contribution in [-0.2, 0) is 30.8 Å². The summed E-state index contributed by atoms with van der Waals surface area (Å²) in [7, 11) is -2.26. The Hall–Kier alpha value is -2.31. The van der Waals surface area contributed by atoms with Gasteiger partial charge in [-0.15, -0.1) is 0 Å². The molecule has 0 amide bonds. The van der Waals surface area contributed by atoms with Crippen molar-refractivity contribution in [3.63, 3.8) is 0 Å². The topological polar surface area (TPSA) is 90.9 Å². The molecule has 0 bridgehead atoms. The lowest BCUT2D eigenvalue weighted by Crippen LogP contribution is -2.38. The van der Waals surface area contributed by atoms with Crippen LogP contribution in [0.4, 0.5) is 10.3 Å². The van der Waals surface area contributed by atoms with E-state index in [4.69, 9.17) is 49.0 Å². The van der Waals surface area contributed by atoms with Crippen LogP contribution in [0, 0.1) is 5.82 Å². The molecule has 2 heterocycles. The van der Waals surface area contributed by atoms with E-state index in [1.165, 1.54) is 19.2 Å². The van der Waals surface area contributed by atoms with Gasteiger partial charge >= 0.3 is 0 Å². The zero-order valence-electron chi connectivity index (χ0n) is 24.8. The maximum absolute atomic E-state index is 13.8. The second-order valence-electron chi connectivity index (χ2n) is 10.8. The molecule has 2 aromatic carbocycles. The fourth-order valence-electron chi connectivity index (χ4n) is 4.62. The van der Waals surface area contributed by atoms with Crippen LogP contribution in [0.2, 0.25) is 0 Å². The molecule has 1 aliphatic heterocycles. The smallest absolute Gasteiger partial charge is 0.239 e. The molecule has 13 heteroatoms. The second kappa shape index (κ2) is 14.9. The van der Waals surface area contributed by atoms with Crippen LogP contribution in [0.1, 0.15) is 49.4 Å². The summed E-state index contributed by atoms with van der Waals surface area (Å²) >= 11 is 17.8. The first-order valence-corrected chi connectivity index (χ1v) is 17.0. The quantitative estimate of drug-likeness (QED) is 0.196. The van der Waals surface area contributed by atoms with Gasteiger partial charge in [0.2, 0.25) is 19.8 Å². The summed E-state index contributed by atoms with van der Waals surface area (Å²) in [5, 5.41) is 0. The van der Waals surface area contributed by atoms with Gasteiger partial charge in [0.05, 0.1) is 43.1 Å². The number of hydrogen-bond donors (Lipinski definition) is 0. The number of anilines is 1. The van der Waals surface area contributed by atoms with Crippen molar-refractivity contribution < 1.29 is 27.0 Å². The highest BCUT2D eigenvalue weighted by Crippen LogP contribution is 2.34. The number of aromatic nitrogens is 2. The van der Waals surface area contributed by atoms with Crippen molar-refractivity contribution in [2.24, 2.45) is 0 Å². The molecule has 0 aliphatic carbocycles. The lowest BCUT2D eigenvalue weighted by Gasteiger charge is -2.34. The molecule has 4 rings (SSSR count). The monoisotopic (exact) mass is 685 g/mol. The number of benzene rings is 2. The van der Waals surface area contributed by atoms with E-state index in [0.717, 1.165) is 16.1 Å². The normalized spacial score (nSPS) is 19.5. The van der Waals surface area contributed by atoms with Crippen molar-refractivity contribution >= 4 is 56.9 Å². The number of nitrogens with zero attached hydrogens (tertiary/aromatic N) is 3. The Morgan fingerprint density at radius 1 is 1.07 bits per heavy atom. The summed E-state index contributed by atoms with van der Waals surface area (Å²) in [6, 6.07) is 15.7. The molecule has 0 spiro atoms. The first-order valence-electron chi connectivity index (χ1n) is 14.0. The largest absolute Gasteiger partial charge is 0.373 e. The van der Waals surface area contributed by atoms with Crippen molar-refractivity contribution in [3.05, 3.63) is 83.3 Å². The van der Waals surface area contributed by atoms with Gasteiger partial charge in [-0.3, -0.25) is 0 Å². The Morgan fingerprint density at radius 2 is 1.75 bits per heavy atom. The second-order valence-corrected chi connectivity index (χ2v) is 15.4. The van der Waals surface area contributed by atoms with Gasteiger partial charge in [0.1, 0.15) is 5.82 Å². The van der Waals surface area contributed by atoms with Gasteiger partial charge < -0.3 is 14.2 Å². The van der Waals surface area contributed by atoms with E-state index in [9.17, 15) is 12.8 Å². The lowest BCUT2D eigenvalue weighted by atomic mass is 9.96. The van der Waals surface area contributed by atoms with Crippen LogP contribution in [-0.4, -0.2) is 60.6 Å². The molecular weight excluding hydrogens is 652 g/mol. The highest BCUT2D eigenvalue weighted by Gasteiger charge is 2.32. The maximum Gasteiger partial charge on any atom is 0.239 e. The van der Waals surface area contributed by atoms with Crippen LogP contribution in [0.25, 0.3) is 17.3 Å². The average molecular weight is 687 g/mol. The molecule has 1 unspecified atom stereocenters. The van der Waals surface area contributed by atoms with Crippen LogP contribution in [0.5, 0.6) is 0 Å². The third-order valence-electron chi connectivity index (χ3n) is 6.92. The molecule has 1 saturated heterocycles. The highest BCUT2D eigenvalue weighted by atomic mass is 35.6. The minimum absolute atomic E-state index is 0.0103. The summed E-state index contributed by atoms with van der Waals surface area (Å²) < 4.78 is 56.2. The van der Waals surface area contributed by atoms with Crippen molar-refractivity contribution in [3.8, 4) is 11.3 Å². The van der Waals surface area contributed by atoms with Crippen LogP contribution in [0.3, 0.4) is 0 Å². The fourth-order valence-corrected chi connectivity index (χ4v) is 5.19. The molecule has 8 nitrogen and oxygen atoms in total. The minimum atomic E-state index is -3.65. The molecule has 3 aromatic rings. The zero-order chi connectivity index (χ0) is 32.1. The first-order chi connectivity index (χ1) is 20.7. The van der Waals surface area contributed by atoms with E-state index >= 15 is 0 Å². The predicted octanol–water partition coefficient (Wildman–Crippen LogP) is 7.29. The third-order valence-corrected chi connectivity index (χ3v) is 8.41. The number of halogens is 4. The highest BCUT2D eigenvalue weighted by molar-refractivity contribution is 7.92. The van der Waals surface area contributed by atoms with Gasteiger partial charge in [0, 0.05) is 31.0 Å². The van der Waals surface area contributed by atoms with Gasteiger partial charge in [-0.2, -0.15) is 0 Å². The van der Waals surface area contributed by atoms with Crippen LogP contribution < -0.4 is 4.31 Å². The summed E-state index contributed by atoms with van der Waals surface area (Å²) in [5.74, 6) is -0.509. The number of alkyl halides is 3. The Bertz CT molecular complexity index is 1540. The van der Waals surface area contributed by atoms with E-state index < -0.39 is 32.0 Å². The Morgan fingerprint density at radius 3 is 2.36 bits per heavy atom. The first kappa shape index (κ1) is 34.6. The predicted molar refractivity (Wildman–Crippen MR) is 173 cm³/mol. The molecular formula is C31H35Cl3FN3O5S. The van der Waals surface area contributed by atoms with Gasteiger partial charge in [0.15, 0.2) is 6.29 Å². The molecule has 44 heavy (non-hydrogen) atoms. The van der Waals surface area contributed by atoms with Crippen LogP contribution >= 0.6 is 34.8 Å². The zero-order valence-corrected chi connectivity index (χ0v) is 27.9. The van der Waals surface area contributed by atoms with Crippen molar-refractivity contribution in [1.82, 2.24) is 9.97 Å². The standard InChI is InChI=1S/C31H35Cl3FN3O5S/c1-20(2)28-26(29(22-10-12-23(35)13-11-22)37-30(36-28)38(3)44(4,39)40)15-14-24-16-25(41-18-21-8-6-5-7-9-21)17-27(43-24)42-19-31(32,33)34/h5-15,20,24-25,27H,16-19H2,1-4H3/b15-14+/t24-,25-,27?/m1/s1. The van der Waals surface area contributed by atoms with E-state index in [-0.39, 0.29) is 24.6 Å². The Kier molecular flexibility index (Phi) is 11.7. The summed E-state index contributed by atoms with van der Waals surface area (Å²) in [4.78, 5) is 9.25. The van der Waals surface area contributed by atoms with Crippen molar-refractivity contribution in [2.45, 2.75) is 61.5 Å². The van der Waals surface area contributed by atoms with E-state index in [1.807, 2.05) is 56.3 Å². The summed E-state index contributed by atoms with van der Waals surface area (Å²) in [6.45, 7) is 4.14. The van der Waals surface area contributed by atoms with Gasteiger partial charge in [-0.05, 0) is 35.7 Å². The van der Waals surface area contributed by atoms with E-state index in [2.05, 4.69) is 9.97 Å². The SMILES string of the molecule is CC(C)c1nc(N(C)S(C)(=O)=O)nc(-c2ccc(F)cc2)c1/C=C/[C@@H]1C[C@@H](OCc2ccccc2)CC(OCC(Cl)(Cl)Cl)O1. The summed E-state index contributed by atoms with van der Waals surface area (Å²) in [6.07, 6.45) is 4.37. The molecule has 3 atom stereocenters. The molecule has 238 valence electrons. The number of ether oxygens (including phenoxy) is 3. The number of hydrogen-bond acceptors (Lipinski definition) is 7. The molecule has 1 aliphatic rings. The maximum atomic E-state index is 13.8. The molecule has 0 N–H and O–H groups in total. The van der Waals surface area contributed by atoms with Gasteiger partial charge in [-0.25, -0.2) is 27.1 Å². The molecule has 1 aromatic heterocycles. The van der Waals surface area contributed by atoms with Crippen LogP contribution in [0.15, 0.2) is 60.7 Å². The van der Waals surface area contributed by atoms with Crippen molar-refractivity contribution in [1.29, 1.82) is 0 Å².